The molecule has 0 aliphatic carbocycles. The van der Waals surface area contributed by atoms with Gasteiger partial charge in [-0.3, -0.25) is 0 Å². The third kappa shape index (κ3) is 2.34. The number of hydrogen-bond donors (Lipinski definition) is 1. The van der Waals surface area contributed by atoms with Crippen molar-refractivity contribution in [1.29, 1.82) is 0 Å². The first-order valence-electron chi connectivity index (χ1n) is 6.08. The fraction of sp³-hybridized carbons (Fsp3) is 0.636. The highest BCUT2D eigenvalue weighted by atomic mass is 79.9. The molecule has 2 saturated heterocycles. The van der Waals surface area contributed by atoms with Gasteiger partial charge >= 0.3 is 0 Å². The maximum absolute atomic E-state index is 12.8. The topological polar surface area (TPSA) is 49.4 Å². The van der Waals surface area contributed by atoms with Gasteiger partial charge in [0, 0.05) is 12.6 Å². The lowest BCUT2D eigenvalue weighted by Crippen LogP contribution is -2.38. The van der Waals surface area contributed by atoms with E-state index in [0.29, 0.717) is 27.1 Å². The average Bonchev–Trinajstić information content (AvgIpc) is 2.97. The van der Waals surface area contributed by atoms with E-state index < -0.39 is 10.0 Å². The molecule has 1 aromatic rings. The van der Waals surface area contributed by atoms with Crippen LogP contribution in [-0.2, 0) is 10.0 Å². The number of nitrogens with zero attached hydrogens (tertiary/aromatic N) is 1. The zero-order valence-electron chi connectivity index (χ0n) is 10.3. The molecule has 0 radical (unpaired) electrons. The van der Waals surface area contributed by atoms with Crippen LogP contribution in [0.4, 0.5) is 0 Å². The highest BCUT2D eigenvalue weighted by Crippen LogP contribution is 2.41. The van der Waals surface area contributed by atoms with Crippen LogP contribution in [0, 0.1) is 11.8 Å². The molecule has 1 N–H and O–H groups in total. The fourth-order valence-corrected chi connectivity index (χ4v) is 8.57. The van der Waals surface area contributed by atoms with Gasteiger partial charge in [-0.15, -0.1) is 11.3 Å². The van der Waals surface area contributed by atoms with Crippen molar-refractivity contribution >= 4 is 53.2 Å². The van der Waals surface area contributed by atoms with Crippen LogP contribution in [0.1, 0.15) is 6.92 Å². The Morgan fingerprint density at radius 2 is 2.16 bits per heavy atom. The lowest BCUT2D eigenvalue weighted by atomic mass is 9.95. The molecule has 3 heterocycles. The van der Waals surface area contributed by atoms with Crippen molar-refractivity contribution in [3.8, 4) is 0 Å². The Bertz CT molecular complexity index is 602. The molecule has 3 atom stereocenters. The highest BCUT2D eigenvalue weighted by Gasteiger charge is 2.47. The summed E-state index contributed by atoms with van der Waals surface area (Å²) >= 11 is 8.09. The molecule has 3 unspecified atom stereocenters. The van der Waals surface area contributed by atoms with Gasteiger partial charge in [0.1, 0.15) is 4.90 Å². The van der Waals surface area contributed by atoms with E-state index in [9.17, 15) is 8.42 Å². The van der Waals surface area contributed by atoms with Crippen LogP contribution in [0.25, 0.3) is 0 Å². The smallest absolute Gasteiger partial charge is 0.245 e. The Morgan fingerprint density at radius 1 is 1.42 bits per heavy atom. The number of rotatable bonds is 2. The predicted molar refractivity (Wildman–Crippen MR) is 82.9 cm³/mol. The molecule has 0 amide bonds. The Morgan fingerprint density at radius 3 is 2.74 bits per heavy atom. The Kier molecular flexibility index (Phi) is 3.86. The van der Waals surface area contributed by atoms with Gasteiger partial charge in [0.2, 0.25) is 10.0 Å². The van der Waals surface area contributed by atoms with Crippen molar-refractivity contribution in [2.75, 3.05) is 19.6 Å². The van der Waals surface area contributed by atoms with Gasteiger partial charge in [0.15, 0.2) is 0 Å². The first-order chi connectivity index (χ1) is 8.91. The van der Waals surface area contributed by atoms with E-state index in [1.54, 1.807) is 10.4 Å². The summed E-state index contributed by atoms with van der Waals surface area (Å²) in [5.74, 6) is 0.890. The predicted octanol–water partition coefficient (Wildman–Crippen LogP) is 2.50. The van der Waals surface area contributed by atoms with Gasteiger partial charge < -0.3 is 5.32 Å². The molecule has 2 fully saturated rings. The van der Waals surface area contributed by atoms with Crippen LogP contribution in [0.3, 0.4) is 0 Å². The maximum Gasteiger partial charge on any atom is 0.245 e. The van der Waals surface area contributed by atoms with Crippen molar-refractivity contribution in [3.05, 3.63) is 13.6 Å². The van der Waals surface area contributed by atoms with Crippen molar-refractivity contribution in [2.24, 2.45) is 11.8 Å². The number of thiophene rings is 1. The molecule has 106 valence electrons. The third-order valence-corrected chi connectivity index (χ3v) is 8.80. The first kappa shape index (κ1) is 14.5. The largest absolute Gasteiger partial charge is 0.316 e. The van der Waals surface area contributed by atoms with Crippen LogP contribution in [-0.4, -0.2) is 38.4 Å². The number of halogens is 2. The van der Waals surface area contributed by atoms with E-state index in [-0.39, 0.29) is 6.04 Å². The van der Waals surface area contributed by atoms with Crippen molar-refractivity contribution in [2.45, 2.75) is 17.9 Å². The van der Waals surface area contributed by atoms with Gasteiger partial charge in [0.05, 0.1) is 7.57 Å². The van der Waals surface area contributed by atoms with Crippen molar-refractivity contribution in [1.82, 2.24) is 9.62 Å². The number of fused-ring (bicyclic) bond motifs is 1. The molecule has 0 spiro atoms. The molecule has 4 nitrogen and oxygen atoms in total. The second-order valence-corrected chi connectivity index (χ2v) is 10.7. The van der Waals surface area contributed by atoms with E-state index >= 15 is 0 Å². The molecule has 0 aromatic carbocycles. The van der Waals surface area contributed by atoms with Gasteiger partial charge in [-0.1, -0.05) is 0 Å². The zero-order chi connectivity index (χ0) is 13.8. The minimum atomic E-state index is -3.40. The van der Waals surface area contributed by atoms with E-state index in [2.05, 4.69) is 37.2 Å². The summed E-state index contributed by atoms with van der Waals surface area (Å²) in [6, 6.07) is 1.75. The molecule has 0 saturated carbocycles. The van der Waals surface area contributed by atoms with Gasteiger partial charge in [-0.25, -0.2) is 8.42 Å². The molecule has 2 aliphatic heterocycles. The van der Waals surface area contributed by atoms with E-state index in [0.717, 1.165) is 16.9 Å². The van der Waals surface area contributed by atoms with Crippen LogP contribution < -0.4 is 5.32 Å². The Labute approximate surface area is 133 Å². The highest BCUT2D eigenvalue weighted by molar-refractivity contribution is 9.12. The monoisotopic (exact) mass is 428 g/mol. The standard InChI is InChI=1S/C11H14Br2N2O2S2/c1-6-8-4-14-3-7(8)5-15(6)19(16,17)9-2-10(12)18-11(9)13/h2,6-8,14H,3-5H2,1H3. The van der Waals surface area contributed by atoms with Crippen molar-refractivity contribution < 1.29 is 8.42 Å². The van der Waals surface area contributed by atoms with E-state index in [1.807, 2.05) is 6.92 Å². The van der Waals surface area contributed by atoms with Gasteiger partial charge in [-0.05, 0) is 69.8 Å². The third-order valence-electron chi connectivity index (χ3n) is 4.09. The molecule has 19 heavy (non-hydrogen) atoms. The number of nitrogens with one attached hydrogen (secondary N) is 1. The molecule has 1 aromatic heterocycles. The van der Waals surface area contributed by atoms with Crippen LogP contribution in [0.2, 0.25) is 0 Å². The quantitative estimate of drug-likeness (QED) is 0.785. The molecular weight excluding hydrogens is 416 g/mol. The van der Waals surface area contributed by atoms with Gasteiger partial charge in [0.25, 0.3) is 0 Å². The Hall–Kier alpha value is 0.530. The summed E-state index contributed by atoms with van der Waals surface area (Å²) in [5, 5.41) is 3.35. The second kappa shape index (κ2) is 5.06. The van der Waals surface area contributed by atoms with Crippen LogP contribution in [0.15, 0.2) is 18.5 Å². The van der Waals surface area contributed by atoms with E-state index in [1.165, 1.54) is 11.3 Å². The SMILES string of the molecule is CC1C2CNCC2CN1S(=O)(=O)c1cc(Br)sc1Br. The van der Waals surface area contributed by atoms with Gasteiger partial charge in [-0.2, -0.15) is 4.31 Å². The maximum atomic E-state index is 12.8. The lowest BCUT2D eigenvalue weighted by molar-refractivity contribution is 0.360. The minimum Gasteiger partial charge on any atom is -0.316 e. The summed E-state index contributed by atoms with van der Waals surface area (Å²) in [7, 11) is -3.40. The first-order valence-corrected chi connectivity index (χ1v) is 9.93. The average molecular weight is 430 g/mol. The molecular formula is C11H14Br2N2O2S2. The fourth-order valence-electron chi connectivity index (χ4n) is 3.07. The molecule has 0 bridgehead atoms. The molecule has 8 heteroatoms. The Balaban J connectivity index is 1.96. The number of hydrogen-bond acceptors (Lipinski definition) is 4. The van der Waals surface area contributed by atoms with E-state index in [4.69, 9.17) is 0 Å². The summed E-state index contributed by atoms with van der Waals surface area (Å²) in [4.78, 5) is 0.379. The lowest BCUT2D eigenvalue weighted by Gasteiger charge is -2.23. The number of sulfonamides is 1. The van der Waals surface area contributed by atoms with Crippen LogP contribution >= 0.6 is 43.2 Å². The minimum absolute atomic E-state index is 0.0653. The zero-order valence-corrected chi connectivity index (χ0v) is 15.1. The summed E-state index contributed by atoms with van der Waals surface area (Å²) in [6.45, 7) is 4.49. The van der Waals surface area contributed by atoms with Crippen molar-refractivity contribution in [3.63, 3.8) is 0 Å². The molecule has 3 rings (SSSR count). The van der Waals surface area contributed by atoms with Crippen LogP contribution in [0.5, 0.6) is 0 Å². The molecule has 2 aliphatic rings. The summed E-state index contributed by atoms with van der Waals surface area (Å²) in [6.07, 6.45) is 0. The normalized spacial score (nSPS) is 31.8. The second-order valence-electron chi connectivity index (χ2n) is 5.09. The summed E-state index contributed by atoms with van der Waals surface area (Å²) in [5.41, 5.74) is 0. The summed E-state index contributed by atoms with van der Waals surface area (Å²) < 4.78 is 28.7.